The number of nitrogens with zero attached hydrogens (tertiary/aromatic N) is 3. The number of furan rings is 1. The van der Waals surface area contributed by atoms with Crippen LogP contribution in [0.1, 0.15) is 23.4 Å². The summed E-state index contributed by atoms with van der Waals surface area (Å²) >= 11 is 6.12. The lowest BCUT2D eigenvalue weighted by Gasteiger charge is -2.18. The molecule has 0 spiro atoms. The van der Waals surface area contributed by atoms with Gasteiger partial charge in [0.15, 0.2) is 5.76 Å². The van der Waals surface area contributed by atoms with Crippen molar-refractivity contribution in [3.8, 4) is 23.5 Å². The topological polar surface area (TPSA) is 81.0 Å². The van der Waals surface area contributed by atoms with Crippen LogP contribution in [-0.4, -0.2) is 23.9 Å². The van der Waals surface area contributed by atoms with Gasteiger partial charge in [-0.15, -0.1) is 0 Å². The number of halogens is 1. The number of amides is 1. The van der Waals surface area contributed by atoms with Crippen LogP contribution in [0.5, 0.6) is 0 Å². The van der Waals surface area contributed by atoms with Crippen LogP contribution in [0.15, 0.2) is 40.8 Å². The van der Waals surface area contributed by atoms with Gasteiger partial charge in [-0.05, 0) is 24.3 Å². The highest BCUT2D eigenvalue weighted by atomic mass is 35.5. The van der Waals surface area contributed by atoms with Gasteiger partial charge in [-0.2, -0.15) is 10.5 Å². The van der Waals surface area contributed by atoms with Gasteiger partial charge in [0.1, 0.15) is 5.76 Å². The maximum absolute atomic E-state index is 12.5. The van der Waals surface area contributed by atoms with Gasteiger partial charge < -0.3 is 9.32 Å². The lowest BCUT2D eigenvalue weighted by Crippen LogP contribution is -2.32. The lowest BCUT2D eigenvalue weighted by atomic mass is 10.2. The fourth-order valence-electron chi connectivity index (χ4n) is 2.10. The van der Waals surface area contributed by atoms with Crippen LogP contribution in [0.3, 0.4) is 0 Å². The Hall–Kier alpha value is -2.76. The molecule has 6 heteroatoms. The molecule has 0 unspecified atom stereocenters. The first-order valence-electron chi connectivity index (χ1n) is 7.05. The van der Waals surface area contributed by atoms with Crippen molar-refractivity contribution < 1.29 is 9.21 Å². The maximum Gasteiger partial charge on any atom is 0.289 e. The van der Waals surface area contributed by atoms with Crippen molar-refractivity contribution in [3.63, 3.8) is 0 Å². The summed E-state index contributed by atoms with van der Waals surface area (Å²) in [7, 11) is 0. The van der Waals surface area contributed by atoms with Crippen molar-refractivity contribution in [2.24, 2.45) is 0 Å². The molecule has 0 aliphatic rings. The summed E-state index contributed by atoms with van der Waals surface area (Å²) in [5, 5.41) is 17.9. The molecule has 2 aromatic rings. The fourth-order valence-corrected chi connectivity index (χ4v) is 2.33. The smallest absolute Gasteiger partial charge is 0.289 e. The molecule has 116 valence electrons. The van der Waals surface area contributed by atoms with Gasteiger partial charge in [0.2, 0.25) is 0 Å². The molecule has 5 nitrogen and oxygen atoms in total. The van der Waals surface area contributed by atoms with Crippen molar-refractivity contribution in [3.05, 3.63) is 47.2 Å². The van der Waals surface area contributed by atoms with E-state index in [2.05, 4.69) is 0 Å². The van der Waals surface area contributed by atoms with Gasteiger partial charge in [-0.25, -0.2) is 0 Å². The highest BCUT2D eigenvalue weighted by Crippen LogP contribution is 2.29. The Bertz CT molecular complexity index is 753. The third-order valence-corrected chi connectivity index (χ3v) is 3.56. The van der Waals surface area contributed by atoms with E-state index in [0.29, 0.717) is 16.3 Å². The molecule has 0 saturated heterocycles. The molecule has 0 radical (unpaired) electrons. The van der Waals surface area contributed by atoms with Crippen LogP contribution < -0.4 is 0 Å². The van der Waals surface area contributed by atoms with Crippen LogP contribution in [0.4, 0.5) is 0 Å². The van der Waals surface area contributed by atoms with Crippen LogP contribution in [0.2, 0.25) is 5.02 Å². The summed E-state index contributed by atoms with van der Waals surface area (Å²) < 4.78 is 5.61. The van der Waals surface area contributed by atoms with Crippen LogP contribution in [0.25, 0.3) is 11.3 Å². The summed E-state index contributed by atoms with van der Waals surface area (Å²) in [5.74, 6) is 0.323. The quantitative estimate of drug-likeness (QED) is 0.806. The van der Waals surface area contributed by atoms with E-state index in [1.165, 1.54) is 4.90 Å². The molecule has 1 amide bonds. The number of nitriles is 2. The highest BCUT2D eigenvalue weighted by Gasteiger charge is 2.19. The Kier molecular flexibility index (Phi) is 5.80. The van der Waals surface area contributed by atoms with Crippen LogP contribution in [0, 0.1) is 22.7 Å². The van der Waals surface area contributed by atoms with Gasteiger partial charge in [0.25, 0.3) is 5.91 Å². The number of benzene rings is 1. The molecule has 23 heavy (non-hydrogen) atoms. The molecular formula is C17H14ClN3O2. The lowest BCUT2D eigenvalue weighted by molar-refractivity contribution is 0.0731. The van der Waals surface area contributed by atoms with Gasteiger partial charge in [0.05, 0.1) is 30.0 Å². The molecule has 0 fully saturated rings. The molecule has 0 aliphatic heterocycles. The largest absolute Gasteiger partial charge is 0.451 e. The number of hydrogen-bond acceptors (Lipinski definition) is 4. The van der Waals surface area contributed by atoms with Crippen LogP contribution >= 0.6 is 11.6 Å². The first-order chi connectivity index (χ1) is 11.2. The molecule has 1 aromatic heterocycles. The van der Waals surface area contributed by atoms with Crippen molar-refractivity contribution in [2.45, 2.75) is 12.8 Å². The number of carbonyl (C=O) groups excluding carboxylic acids is 1. The second-order valence-corrected chi connectivity index (χ2v) is 5.16. The first-order valence-corrected chi connectivity index (χ1v) is 7.43. The summed E-state index contributed by atoms with van der Waals surface area (Å²) in [6.45, 7) is 0.526. The van der Waals surface area contributed by atoms with E-state index < -0.39 is 0 Å². The molecule has 1 heterocycles. The zero-order chi connectivity index (χ0) is 16.7. The fraction of sp³-hybridized carbons (Fsp3) is 0.235. The SMILES string of the molecule is N#CCCN(CCC#N)C(=O)c1ccc(-c2ccccc2Cl)o1. The minimum atomic E-state index is -0.339. The Morgan fingerprint density at radius 1 is 1.09 bits per heavy atom. The molecular weight excluding hydrogens is 314 g/mol. The first kappa shape index (κ1) is 16.6. The predicted octanol–water partition coefficient (Wildman–Crippen LogP) is 3.87. The average molecular weight is 328 g/mol. The predicted molar refractivity (Wildman–Crippen MR) is 85.5 cm³/mol. The maximum atomic E-state index is 12.5. The summed E-state index contributed by atoms with van der Waals surface area (Å²) in [6.07, 6.45) is 0.407. The Morgan fingerprint density at radius 2 is 1.74 bits per heavy atom. The van der Waals surface area contributed by atoms with E-state index in [4.69, 9.17) is 26.5 Å². The molecule has 0 bridgehead atoms. The monoisotopic (exact) mass is 327 g/mol. The normalized spacial score (nSPS) is 9.87. The minimum Gasteiger partial charge on any atom is -0.451 e. The van der Waals surface area contributed by atoms with Gasteiger partial charge in [-0.3, -0.25) is 4.79 Å². The third-order valence-electron chi connectivity index (χ3n) is 3.23. The standard InChI is InChI=1S/C17H14ClN3O2/c18-14-6-2-1-5-13(14)15-7-8-16(23-15)17(22)21(11-3-9-19)12-4-10-20/h1-2,5-8H,3-4,11-12H2. The number of rotatable bonds is 6. The van der Waals surface area contributed by atoms with Crippen molar-refractivity contribution >= 4 is 17.5 Å². The summed E-state index contributed by atoms with van der Waals surface area (Å²) in [6, 6.07) is 14.4. The Morgan fingerprint density at radius 3 is 2.35 bits per heavy atom. The molecule has 0 aliphatic carbocycles. The summed E-state index contributed by atoms with van der Waals surface area (Å²) in [4.78, 5) is 13.9. The molecule has 0 N–H and O–H groups in total. The van der Waals surface area contributed by atoms with Gasteiger partial charge in [0, 0.05) is 18.7 Å². The molecule has 0 atom stereocenters. The molecule has 0 saturated carbocycles. The van der Waals surface area contributed by atoms with Crippen LogP contribution in [-0.2, 0) is 0 Å². The number of carbonyl (C=O) groups is 1. The Labute approximate surface area is 139 Å². The van der Waals surface area contributed by atoms with E-state index >= 15 is 0 Å². The van der Waals surface area contributed by atoms with Crippen molar-refractivity contribution in [1.82, 2.24) is 4.90 Å². The second kappa shape index (κ2) is 8.03. The Balaban J connectivity index is 2.20. The van der Waals surface area contributed by atoms with E-state index in [0.717, 1.165) is 0 Å². The second-order valence-electron chi connectivity index (χ2n) is 4.75. The third kappa shape index (κ3) is 4.12. The van der Waals surface area contributed by atoms with Crippen molar-refractivity contribution in [2.75, 3.05) is 13.1 Å². The minimum absolute atomic E-state index is 0.163. The number of hydrogen-bond donors (Lipinski definition) is 0. The van der Waals surface area contributed by atoms with E-state index in [9.17, 15) is 4.79 Å². The average Bonchev–Trinajstić information content (AvgIpc) is 3.04. The van der Waals surface area contributed by atoms with E-state index in [-0.39, 0.29) is 37.6 Å². The van der Waals surface area contributed by atoms with E-state index in [1.54, 1.807) is 24.3 Å². The van der Waals surface area contributed by atoms with Crippen molar-refractivity contribution in [1.29, 1.82) is 10.5 Å². The zero-order valence-electron chi connectivity index (χ0n) is 12.3. The molecule has 2 rings (SSSR count). The molecule has 1 aromatic carbocycles. The summed E-state index contributed by atoms with van der Waals surface area (Å²) in [5.41, 5.74) is 0.703. The van der Waals surface area contributed by atoms with Gasteiger partial charge in [-0.1, -0.05) is 23.7 Å². The van der Waals surface area contributed by atoms with E-state index in [1.807, 2.05) is 24.3 Å². The highest BCUT2D eigenvalue weighted by molar-refractivity contribution is 6.33. The zero-order valence-corrected chi connectivity index (χ0v) is 13.1. The van der Waals surface area contributed by atoms with Gasteiger partial charge >= 0.3 is 0 Å².